The second kappa shape index (κ2) is 8.04. The maximum atomic E-state index is 11.6. The van der Waals surface area contributed by atoms with E-state index < -0.39 is 5.97 Å². The molecule has 0 spiro atoms. The third kappa shape index (κ3) is 5.64. The molecule has 0 saturated heterocycles. The van der Waals surface area contributed by atoms with Gasteiger partial charge in [-0.1, -0.05) is 12.1 Å². The quantitative estimate of drug-likeness (QED) is 0.792. The van der Waals surface area contributed by atoms with Crippen molar-refractivity contribution in [2.24, 2.45) is 0 Å². The molecule has 1 aromatic carbocycles. The number of nitrogens with zero attached hydrogens (tertiary/aromatic N) is 1. The van der Waals surface area contributed by atoms with E-state index in [1.54, 1.807) is 29.2 Å². The minimum Gasteiger partial charge on any atom is -0.465 e. The highest BCUT2D eigenvalue weighted by molar-refractivity contribution is 5.89. The van der Waals surface area contributed by atoms with Gasteiger partial charge in [-0.05, 0) is 17.7 Å². The summed E-state index contributed by atoms with van der Waals surface area (Å²) in [5.41, 5.74) is 1.37. The predicted octanol–water partition coefficient (Wildman–Crippen LogP) is 0.958. The van der Waals surface area contributed by atoms with Crippen molar-refractivity contribution in [3.63, 3.8) is 0 Å². The van der Waals surface area contributed by atoms with Crippen LogP contribution in [-0.4, -0.2) is 42.9 Å². The zero-order chi connectivity index (χ0) is 15.8. The van der Waals surface area contributed by atoms with E-state index >= 15 is 0 Å². The summed E-state index contributed by atoms with van der Waals surface area (Å²) in [5.74, 6) is -0.589. The van der Waals surface area contributed by atoms with Crippen molar-refractivity contribution >= 4 is 17.8 Å². The molecular weight excluding hydrogens is 272 g/mol. The smallest absolute Gasteiger partial charge is 0.337 e. The number of hydrogen-bond acceptors (Lipinski definition) is 4. The predicted molar refractivity (Wildman–Crippen MR) is 77.6 cm³/mol. The fourth-order valence-electron chi connectivity index (χ4n) is 1.80. The Balaban J connectivity index is 2.64. The Labute approximate surface area is 124 Å². The topological polar surface area (TPSA) is 75.7 Å². The molecule has 0 fully saturated rings. The van der Waals surface area contributed by atoms with Crippen LogP contribution in [0.5, 0.6) is 0 Å². The van der Waals surface area contributed by atoms with Crippen LogP contribution in [0.1, 0.15) is 29.8 Å². The summed E-state index contributed by atoms with van der Waals surface area (Å²) in [6, 6.07) is 6.88. The fraction of sp³-hybridized carbons (Fsp3) is 0.400. The number of esters is 1. The van der Waals surface area contributed by atoms with E-state index in [0.717, 1.165) is 5.56 Å². The van der Waals surface area contributed by atoms with E-state index in [0.29, 0.717) is 25.2 Å². The van der Waals surface area contributed by atoms with Gasteiger partial charge in [0.1, 0.15) is 0 Å². The Kier molecular flexibility index (Phi) is 6.39. The SMILES string of the molecule is COC(=O)c1ccc(CN(CCNC(C)=O)C(C)=O)cc1. The molecule has 1 rings (SSSR count). The van der Waals surface area contributed by atoms with Crippen LogP contribution < -0.4 is 5.32 Å². The summed E-state index contributed by atoms with van der Waals surface area (Å²) < 4.78 is 4.63. The van der Waals surface area contributed by atoms with Crippen LogP contribution in [0, 0.1) is 0 Å². The molecule has 0 aliphatic rings. The number of benzene rings is 1. The Morgan fingerprint density at radius 3 is 2.24 bits per heavy atom. The van der Waals surface area contributed by atoms with Crippen molar-refractivity contribution < 1.29 is 19.1 Å². The van der Waals surface area contributed by atoms with Crippen LogP contribution in [0.25, 0.3) is 0 Å². The average Bonchev–Trinajstić information content (AvgIpc) is 2.45. The molecule has 114 valence electrons. The van der Waals surface area contributed by atoms with Gasteiger partial charge in [-0.2, -0.15) is 0 Å². The number of rotatable bonds is 6. The highest BCUT2D eigenvalue weighted by atomic mass is 16.5. The van der Waals surface area contributed by atoms with Crippen LogP contribution in [-0.2, 0) is 20.9 Å². The van der Waals surface area contributed by atoms with Crippen molar-refractivity contribution in [2.75, 3.05) is 20.2 Å². The normalized spacial score (nSPS) is 9.86. The summed E-state index contributed by atoms with van der Waals surface area (Å²) in [5, 5.41) is 2.65. The van der Waals surface area contributed by atoms with Crippen molar-refractivity contribution in [2.45, 2.75) is 20.4 Å². The van der Waals surface area contributed by atoms with Crippen LogP contribution in [0.2, 0.25) is 0 Å². The molecule has 1 aromatic rings. The zero-order valence-corrected chi connectivity index (χ0v) is 12.5. The number of nitrogens with one attached hydrogen (secondary N) is 1. The minimum absolute atomic E-state index is 0.0719. The summed E-state index contributed by atoms with van der Waals surface area (Å²) in [6.07, 6.45) is 0. The number of methoxy groups -OCH3 is 1. The van der Waals surface area contributed by atoms with Gasteiger partial charge in [0.15, 0.2) is 0 Å². The molecule has 2 amide bonds. The van der Waals surface area contributed by atoms with Crippen molar-refractivity contribution in [1.82, 2.24) is 10.2 Å². The van der Waals surface area contributed by atoms with E-state index in [9.17, 15) is 14.4 Å². The molecule has 0 aliphatic carbocycles. The van der Waals surface area contributed by atoms with Gasteiger partial charge in [0.25, 0.3) is 0 Å². The molecule has 0 bridgehead atoms. The van der Waals surface area contributed by atoms with Crippen LogP contribution in [0.15, 0.2) is 24.3 Å². The highest BCUT2D eigenvalue weighted by Gasteiger charge is 2.10. The summed E-state index contributed by atoms with van der Waals surface area (Å²) >= 11 is 0. The number of carbonyl (C=O) groups is 3. The first-order valence-electron chi connectivity index (χ1n) is 6.61. The van der Waals surface area contributed by atoms with Gasteiger partial charge in [0.2, 0.25) is 11.8 Å². The zero-order valence-electron chi connectivity index (χ0n) is 12.5. The molecule has 0 atom stereocenters. The highest BCUT2D eigenvalue weighted by Crippen LogP contribution is 2.08. The molecule has 1 N–H and O–H groups in total. The Hall–Kier alpha value is -2.37. The Bertz CT molecular complexity index is 511. The number of carbonyl (C=O) groups excluding carboxylic acids is 3. The van der Waals surface area contributed by atoms with Gasteiger partial charge in [0, 0.05) is 33.5 Å². The van der Waals surface area contributed by atoms with Crippen LogP contribution in [0.3, 0.4) is 0 Å². The van der Waals surface area contributed by atoms with Crippen LogP contribution in [0.4, 0.5) is 0 Å². The molecule has 0 aromatic heterocycles. The van der Waals surface area contributed by atoms with Gasteiger partial charge in [-0.3, -0.25) is 9.59 Å². The fourth-order valence-corrected chi connectivity index (χ4v) is 1.80. The summed E-state index contributed by atoms with van der Waals surface area (Å²) in [4.78, 5) is 35.4. The lowest BCUT2D eigenvalue weighted by Crippen LogP contribution is -2.36. The van der Waals surface area contributed by atoms with E-state index in [2.05, 4.69) is 10.1 Å². The lowest BCUT2D eigenvalue weighted by atomic mass is 10.1. The Morgan fingerprint density at radius 1 is 1.14 bits per heavy atom. The molecule has 6 nitrogen and oxygen atoms in total. The summed E-state index contributed by atoms with van der Waals surface area (Å²) in [6.45, 7) is 4.19. The molecule has 6 heteroatoms. The molecule has 21 heavy (non-hydrogen) atoms. The molecule has 0 radical (unpaired) electrons. The monoisotopic (exact) mass is 292 g/mol. The second-order valence-electron chi connectivity index (χ2n) is 4.61. The first-order chi connectivity index (χ1) is 9.93. The number of hydrogen-bond donors (Lipinski definition) is 1. The molecule has 0 saturated carbocycles. The largest absolute Gasteiger partial charge is 0.465 e. The van der Waals surface area contributed by atoms with E-state index in [-0.39, 0.29) is 11.8 Å². The molecule has 0 heterocycles. The van der Waals surface area contributed by atoms with Crippen molar-refractivity contribution in [3.05, 3.63) is 35.4 Å². The average molecular weight is 292 g/mol. The lowest BCUT2D eigenvalue weighted by molar-refractivity contribution is -0.130. The maximum Gasteiger partial charge on any atom is 0.337 e. The lowest BCUT2D eigenvalue weighted by Gasteiger charge is -2.21. The van der Waals surface area contributed by atoms with E-state index in [1.165, 1.54) is 21.0 Å². The van der Waals surface area contributed by atoms with Gasteiger partial charge in [-0.15, -0.1) is 0 Å². The summed E-state index contributed by atoms with van der Waals surface area (Å²) in [7, 11) is 1.33. The maximum absolute atomic E-state index is 11.6. The third-order valence-electron chi connectivity index (χ3n) is 2.95. The van der Waals surface area contributed by atoms with E-state index in [4.69, 9.17) is 0 Å². The van der Waals surface area contributed by atoms with E-state index in [1.807, 2.05) is 0 Å². The van der Waals surface area contributed by atoms with Gasteiger partial charge in [0.05, 0.1) is 12.7 Å². The molecule has 0 aliphatic heterocycles. The standard InChI is InChI=1S/C15H20N2O4/c1-11(18)16-8-9-17(12(2)19)10-13-4-6-14(7-5-13)15(20)21-3/h4-7H,8-10H2,1-3H3,(H,16,18). The first kappa shape index (κ1) is 16.7. The minimum atomic E-state index is -0.393. The van der Waals surface area contributed by atoms with Crippen molar-refractivity contribution in [1.29, 1.82) is 0 Å². The first-order valence-corrected chi connectivity index (χ1v) is 6.61. The molecule has 0 unspecified atom stereocenters. The van der Waals surface area contributed by atoms with Gasteiger partial charge >= 0.3 is 5.97 Å². The number of ether oxygens (including phenoxy) is 1. The van der Waals surface area contributed by atoms with Gasteiger partial charge in [-0.25, -0.2) is 4.79 Å². The van der Waals surface area contributed by atoms with Crippen molar-refractivity contribution in [3.8, 4) is 0 Å². The number of amides is 2. The second-order valence-corrected chi connectivity index (χ2v) is 4.61. The Morgan fingerprint density at radius 2 is 1.76 bits per heavy atom. The third-order valence-corrected chi connectivity index (χ3v) is 2.95. The molecular formula is C15H20N2O4. The van der Waals surface area contributed by atoms with Gasteiger partial charge < -0.3 is 15.0 Å². The van der Waals surface area contributed by atoms with Crippen LogP contribution >= 0.6 is 0 Å².